The van der Waals surface area contributed by atoms with Gasteiger partial charge in [0.1, 0.15) is 0 Å². The predicted molar refractivity (Wildman–Crippen MR) is 60.6 cm³/mol. The number of aromatic nitrogens is 4. The molecule has 0 radical (unpaired) electrons. The van der Waals surface area contributed by atoms with Crippen molar-refractivity contribution in [1.29, 1.82) is 0 Å². The van der Waals surface area contributed by atoms with Crippen molar-refractivity contribution in [2.24, 2.45) is 0 Å². The summed E-state index contributed by atoms with van der Waals surface area (Å²) in [4.78, 5) is 15.6. The number of imidazole rings is 1. The van der Waals surface area contributed by atoms with Gasteiger partial charge in [-0.2, -0.15) is 0 Å². The van der Waals surface area contributed by atoms with Gasteiger partial charge in [-0.05, 0) is 13.8 Å². The van der Waals surface area contributed by atoms with E-state index in [2.05, 4.69) is 32.2 Å². The van der Waals surface area contributed by atoms with E-state index in [-0.39, 0.29) is 6.04 Å². The highest BCUT2D eigenvalue weighted by Gasteiger charge is 2.09. The van der Waals surface area contributed by atoms with E-state index in [4.69, 9.17) is 0 Å². The molecule has 84 valence electrons. The zero-order valence-electron chi connectivity index (χ0n) is 9.44. The van der Waals surface area contributed by atoms with Crippen LogP contribution in [0.3, 0.4) is 0 Å². The molecule has 1 unspecified atom stereocenters. The second kappa shape index (κ2) is 4.85. The van der Waals surface area contributed by atoms with Gasteiger partial charge in [0.15, 0.2) is 0 Å². The molecule has 0 fully saturated rings. The standard InChI is InChI=1S/C11H15N5/c1-8-11(14-4-3-13-8)9(2)15-6-10-5-12-7-16-10/h3-5,7,9,15H,6H2,1-2H3,(H,12,16). The molecule has 5 nitrogen and oxygen atoms in total. The largest absolute Gasteiger partial charge is 0.347 e. The smallest absolute Gasteiger partial charge is 0.0922 e. The Hall–Kier alpha value is -1.75. The topological polar surface area (TPSA) is 66.5 Å². The van der Waals surface area contributed by atoms with Crippen LogP contribution in [0.25, 0.3) is 0 Å². The molecule has 0 aliphatic heterocycles. The number of nitrogens with one attached hydrogen (secondary N) is 2. The van der Waals surface area contributed by atoms with E-state index in [0.29, 0.717) is 0 Å². The van der Waals surface area contributed by atoms with E-state index in [1.807, 2.05) is 13.1 Å². The normalized spacial score (nSPS) is 12.6. The van der Waals surface area contributed by atoms with Crippen LogP contribution in [0.15, 0.2) is 24.9 Å². The third-order valence-electron chi connectivity index (χ3n) is 2.48. The Morgan fingerprint density at radius 1 is 1.38 bits per heavy atom. The molecule has 2 aromatic heterocycles. The Morgan fingerprint density at radius 2 is 2.19 bits per heavy atom. The van der Waals surface area contributed by atoms with Gasteiger partial charge in [-0.25, -0.2) is 4.98 Å². The van der Waals surface area contributed by atoms with Crippen LogP contribution in [0.4, 0.5) is 0 Å². The van der Waals surface area contributed by atoms with Crippen LogP contribution in [0.2, 0.25) is 0 Å². The van der Waals surface area contributed by atoms with Gasteiger partial charge in [-0.15, -0.1) is 0 Å². The lowest BCUT2D eigenvalue weighted by atomic mass is 10.2. The number of rotatable bonds is 4. The second-order valence-electron chi connectivity index (χ2n) is 3.71. The first-order chi connectivity index (χ1) is 7.77. The summed E-state index contributed by atoms with van der Waals surface area (Å²) in [6.07, 6.45) is 6.91. The zero-order chi connectivity index (χ0) is 11.4. The first-order valence-corrected chi connectivity index (χ1v) is 5.25. The fourth-order valence-electron chi connectivity index (χ4n) is 1.58. The summed E-state index contributed by atoms with van der Waals surface area (Å²) in [6.45, 7) is 4.79. The number of H-pyrrole nitrogens is 1. The maximum absolute atomic E-state index is 4.33. The number of aromatic amines is 1. The lowest BCUT2D eigenvalue weighted by Gasteiger charge is -2.13. The molecule has 2 rings (SSSR count). The molecule has 2 N–H and O–H groups in total. The molecule has 0 aliphatic rings. The Kier molecular flexibility index (Phi) is 3.26. The third kappa shape index (κ3) is 2.43. The van der Waals surface area contributed by atoms with Crippen LogP contribution in [0.5, 0.6) is 0 Å². The van der Waals surface area contributed by atoms with E-state index in [1.54, 1.807) is 18.7 Å². The maximum atomic E-state index is 4.33. The summed E-state index contributed by atoms with van der Waals surface area (Å²) in [6, 6.07) is 0.178. The highest BCUT2D eigenvalue weighted by Crippen LogP contribution is 2.11. The number of hydrogen-bond donors (Lipinski definition) is 2. The third-order valence-corrected chi connectivity index (χ3v) is 2.48. The minimum atomic E-state index is 0.178. The zero-order valence-corrected chi connectivity index (χ0v) is 9.44. The van der Waals surface area contributed by atoms with Gasteiger partial charge < -0.3 is 10.3 Å². The van der Waals surface area contributed by atoms with Gasteiger partial charge >= 0.3 is 0 Å². The lowest BCUT2D eigenvalue weighted by molar-refractivity contribution is 0.550. The van der Waals surface area contributed by atoms with Crippen molar-refractivity contribution in [1.82, 2.24) is 25.3 Å². The highest BCUT2D eigenvalue weighted by molar-refractivity contribution is 5.12. The molecule has 0 saturated heterocycles. The van der Waals surface area contributed by atoms with E-state index in [0.717, 1.165) is 23.6 Å². The van der Waals surface area contributed by atoms with E-state index in [9.17, 15) is 0 Å². The lowest BCUT2D eigenvalue weighted by Crippen LogP contribution is -2.20. The molecule has 1 atom stereocenters. The highest BCUT2D eigenvalue weighted by atomic mass is 15.0. The van der Waals surface area contributed by atoms with Crippen molar-refractivity contribution in [2.75, 3.05) is 0 Å². The Balaban J connectivity index is 1.98. The fourth-order valence-corrected chi connectivity index (χ4v) is 1.58. The maximum Gasteiger partial charge on any atom is 0.0922 e. The van der Waals surface area contributed by atoms with E-state index < -0.39 is 0 Å². The van der Waals surface area contributed by atoms with E-state index >= 15 is 0 Å². The summed E-state index contributed by atoms with van der Waals surface area (Å²) < 4.78 is 0. The number of aryl methyl sites for hydroxylation is 1. The average molecular weight is 217 g/mol. The van der Waals surface area contributed by atoms with Gasteiger partial charge in [0, 0.05) is 36.9 Å². The predicted octanol–water partition coefficient (Wildman–Crippen LogP) is 1.36. The minimum absolute atomic E-state index is 0.178. The van der Waals surface area contributed by atoms with Crippen molar-refractivity contribution < 1.29 is 0 Å². The molecule has 0 aromatic carbocycles. The van der Waals surface area contributed by atoms with Crippen LogP contribution >= 0.6 is 0 Å². The Morgan fingerprint density at radius 3 is 2.88 bits per heavy atom. The van der Waals surface area contributed by atoms with Gasteiger partial charge in [-0.3, -0.25) is 9.97 Å². The van der Waals surface area contributed by atoms with Gasteiger partial charge in [0.2, 0.25) is 0 Å². The molecule has 0 amide bonds. The van der Waals surface area contributed by atoms with Crippen LogP contribution < -0.4 is 5.32 Å². The van der Waals surface area contributed by atoms with Crippen molar-refractivity contribution in [3.05, 3.63) is 42.0 Å². The molecule has 5 heteroatoms. The molecule has 0 bridgehead atoms. The fraction of sp³-hybridized carbons (Fsp3) is 0.364. The molecule has 0 aliphatic carbocycles. The van der Waals surface area contributed by atoms with Gasteiger partial charge in [0.05, 0.1) is 17.7 Å². The molecular weight excluding hydrogens is 202 g/mol. The van der Waals surface area contributed by atoms with Crippen molar-refractivity contribution in [2.45, 2.75) is 26.4 Å². The Labute approximate surface area is 94.4 Å². The molecule has 2 aromatic rings. The average Bonchev–Trinajstić information content (AvgIpc) is 2.79. The molecular formula is C11H15N5. The second-order valence-corrected chi connectivity index (χ2v) is 3.71. The summed E-state index contributed by atoms with van der Waals surface area (Å²) in [7, 11) is 0. The van der Waals surface area contributed by atoms with Gasteiger partial charge in [-0.1, -0.05) is 0 Å². The first kappa shape index (κ1) is 10.8. The summed E-state index contributed by atoms with van der Waals surface area (Å²) in [5.41, 5.74) is 3.02. The number of hydrogen-bond acceptors (Lipinski definition) is 4. The van der Waals surface area contributed by atoms with Crippen molar-refractivity contribution in [3.8, 4) is 0 Å². The van der Waals surface area contributed by atoms with E-state index in [1.165, 1.54) is 0 Å². The monoisotopic (exact) mass is 217 g/mol. The summed E-state index contributed by atoms with van der Waals surface area (Å²) in [5.74, 6) is 0. The molecule has 0 spiro atoms. The van der Waals surface area contributed by atoms with Crippen LogP contribution in [0.1, 0.15) is 30.0 Å². The van der Waals surface area contributed by atoms with Crippen molar-refractivity contribution >= 4 is 0 Å². The van der Waals surface area contributed by atoms with Crippen LogP contribution in [-0.4, -0.2) is 19.9 Å². The summed E-state index contributed by atoms with van der Waals surface area (Å²) >= 11 is 0. The van der Waals surface area contributed by atoms with Gasteiger partial charge in [0.25, 0.3) is 0 Å². The molecule has 16 heavy (non-hydrogen) atoms. The Bertz CT molecular complexity index is 437. The van der Waals surface area contributed by atoms with Crippen molar-refractivity contribution in [3.63, 3.8) is 0 Å². The quantitative estimate of drug-likeness (QED) is 0.811. The molecule has 0 saturated carbocycles. The van der Waals surface area contributed by atoms with Crippen LogP contribution in [-0.2, 0) is 6.54 Å². The summed E-state index contributed by atoms with van der Waals surface area (Å²) in [5, 5.41) is 3.37. The van der Waals surface area contributed by atoms with Crippen LogP contribution in [0, 0.1) is 6.92 Å². The SMILES string of the molecule is Cc1nccnc1C(C)NCc1cnc[nH]1. The number of nitrogens with zero attached hydrogens (tertiary/aromatic N) is 3. The minimum Gasteiger partial charge on any atom is -0.347 e. The molecule has 2 heterocycles. The first-order valence-electron chi connectivity index (χ1n) is 5.25.